The van der Waals surface area contributed by atoms with E-state index >= 15 is 0 Å². The van der Waals surface area contributed by atoms with Gasteiger partial charge in [-0.1, -0.05) is 12.1 Å². The highest BCUT2D eigenvalue weighted by atomic mass is 16.2. The van der Waals surface area contributed by atoms with Gasteiger partial charge in [-0.3, -0.25) is 28.9 Å². The third kappa shape index (κ3) is 7.30. The van der Waals surface area contributed by atoms with Gasteiger partial charge in [0.25, 0.3) is 11.8 Å². The fourth-order valence-corrected chi connectivity index (χ4v) is 5.11. The summed E-state index contributed by atoms with van der Waals surface area (Å²) in [7, 11) is 0. The van der Waals surface area contributed by atoms with Crippen LogP contribution < -0.4 is 10.6 Å². The average Bonchev–Trinajstić information content (AvgIpc) is 3.76. The van der Waals surface area contributed by atoms with Gasteiger partial charge in [-0.05, 0) is 85.6 Å². The number of nitrogens with one attached hydrogen (secondary N) is 2. The molecule has 2 amide bonds. The zero-order chi connectivity index (χ0) is 33.3. The van der Waals surface area contributed by atoms with Gasteiger partial charge in [-0.2, -0.15) is 20.7 Å². The lowest BCUT2D eigenvalue weighted by Crippen LogP contribution is -2.19. The van der Waals surface area contributed by atoms with Crippen molar-refractivity contribution in [2.45, 2.75) is 25.9 Å². The van der Waals surface area contributed by atoms with E-state index in [0.29, 0.717) is 71.2 Å². The van der Waals surface area contributed by atoms with Gasteiger partial charge in [0.15, 0.2) is 0 Å². The molecule has 0 atom stereocenters. The van der Waals surface area contributed by atoms with E-state index in [1.54, 1.807) is 94.8 Å². The Morgan fingerprint density at radius 3 is 1.42 bits per heavy atom. The van der Waals surface area contributed by atoms with Crippen molar-refractivity contribution in [3.05, 3.63) is 132 Å². The van der Waals surface area contributed by atoms with Crippen LogP contribution in [0.1, 0.15) is 44.9 Å². The van der Waals surface area contributed by atoms with Crippen molar-refractivity contribution in [2.24, 2.45) is 0 Å². The number of carbonyl (C=O) groups excluding carboxylic acids is 2. The van der Waals surface area contributed by atoms with Crippen LogP contribution >= 0.6 is 0 Å². The maximum absolute atomic E-state index is 13.4. The molecule has 4 heterocycles. The second-order valence-corrected chi connectivity index (χ2v) is 10.7. The number of rotatable bonds is 11. The van der Waals surface area contributed by atoms with Gasteiger partial charge in [-0.25, -0.2) is 0 Å². The van der Waals surface area contributed by atoms with Crippen molar-refractivity contribution in [3.63, 3.8) is 0 Å². The summed E-state index contributed by atoms with van der Waals surface area (Å²) in [5, 5.41) is 33.7. The predicted molar refractivity (Wildman–Crippen MR) is 178 cm³/mol. The van der Waals surface area contributed by atoms with Crippen molar-refractivity contribution < 1.29 is 9.59 Å². The zero-order valence-corrected chi connectivity index (χ0v) is 25.6. The van der Waals surface area contributed by atoms with Crippen LogP contribution in [-0.2, 0) is 13.1 Å². The highest BCUT2D eigenvalue weighted by Crippen LogP contribution is 2.22. The first-order valence-electron chi connectivity index (χ1n) is 15.1. The van der Waals surface area contributed by atoms with Crippen LogP contribution in [0.25, 0.3) is 22.5 Å². The molecule has 12 heteroatoms. The van der Waals surface area contributed by atoms with Crippen LogP contribution in [0.3, 0.4) is 0 Å². The molecule has 4 aromatic heterocycles. The number of pyridine rings is 2. The number of nitriles is 2. The number of hydrogen-bond acceptors (Lipinski definition) is 8. The van der Waals surface area contributed by atoms with Gasteiger partial charge < -0.3 is 10.6 Å². The summed E-state index contributed by atoms with van der Waals surface area (Å²) in [6.07, 6.45) is 7.91. The lowest BCUT2D eigenvalue weighted by atomic mass is 10.2. The molecule has 234 valence electrons. The van der Waals surface area contributed by atoms with Gasteiger partial charge >= 0.3 is 0 Å². The Hall–Kier alpha value is -6.92. The molecular weight excluding hydrogens is 604 g/mol. The minimum atomic E-state index is -0.355. The Morgan fingerprint density at radius 2 is 1.02 bits per heavy atom. The molecule has 0 aliphatic rings. The van der Waals surface area contributed by atoms with Crippen molar-refractivity contribution in [2.75, 3.05) is 10.6 Å². The van der Waals surface area contributed by atoms with E-state index in [1.165, 1.54) is 0 Å². The summed E-state index contributed by atoms with van der Waals surface area (Å²) in [5.41, 5.74) is 5.51. The molecule has 6 rings (SSSR count). The summed E-state index contributed by atoms with van der Waals surface area (Å²) in [6, 6.07) is 28.4. The number of aryl methyl sites for hydroxylation is 2. The van der Waals surface area contributed by atoms with E-state index < -0.39 is 0 Å². The molecule has 6 aromatic rings. The molecule has 0 saturated carbocycles. The molecular formula is C36H28N10O2. The first-order valence-corrected chi connectivity index (χ1v) is 15.1. The maximum atomic E-state index is 13.4. The van der Waals surface area contributed by atoms with E-state index in [9.17, 15) is 20.1 Å². The Bertz CT molecular complexity index is 2000. The number of benzene rings is 2. The largest absolute Gasteiger partial charge is 0.321 e. The number of anilines is 2. The molecule has 0 radical (unpaired) electrons. The van der Waals surface area contributed by atoms with Crippen molar-refractivity contribution >= 4 is 23.2 Å². The summed E-state index contributed by atoms with van der Waals surface area (Å²) < 4.78 is 3.33. The summed E-state index contributed by atoms with van der Waals surface area (Å²) in [4.78, 5) is 35.0. The van der Waals surface area contributed by atoms with Crippen LogP contribution in [0, 0.1) is 22.7 Å². The van der Waals surface area contributed by atoms with E-state index in [2.05, 4.69) is 32.7 Å². The van der Waals surface area contributed by atoms with E-state index in [1.807, 2.05) is 24.3 Å². The Kier molecular flexibility index (Phi) is 9.36. The number of hydrogen-bond donors (Lipinski definition) is 2. The van der Waals surface area contributed by atoms with Gasteiger partial charge in [-0.15, -0.1) is 0 Å². The first kappa shape index (κ1) is 31.1. The maximum Gasteiger partial charge on any atom is 0.273 e. The number of carbonyl (C=O) groups is 2. The normalized spacial score (nSPS) is 10.5. The van der Waals surface area contributed by atoms with Crippen LogP contribution in [0.5, 0.6) is 0 Å². The molecule has 0 aliphatic heterocycles. The highest BCUT2D eigenvalue weighted by molar-refractivity contribution is 6.04. The molecule has 2 N–H and O–H groups in total. The number of unbranched alkanes of at least 4 members (excludes halogenated alkanes) is 1. The van der Waals surface area contributed by atoms with Crippen LogP contribution in [0.2, 0.25) is 0 Å². The molecule has 0 bridgehead atoms. The Balaban J connectivity index is 1.20. The Morgan fingerprint density at radius 1 is 0.604 bits per heavy atom. The smallest absolute Gasteiger partial charge is 0.273 e. The summed E-state index contributed by atoms with van der Waals surface area (Å²) >= 11 is 0. The third-order valence-electron chi connectivity index (χ3n) is 7.47. The van der Waals surface area contributed by atoms with E-state index in [-0.39, 0.29) is 11.8 Å². The van der Waals surface area contributed by atoms with Crippen molar-refractivity contribution in [1.29, 1.82) is 10.5 Å². The fraction of sp³-hybridized carbons (Fsp3) is 0.111. The molecule has 0 spiro atoms. The predicted octanol–water partition coefficient (Wildman–Crippen LogP) is 5.93. The van der Waals surface area contributed by atoms with E-state index in [4.69, 9.17) is 10.2 Å². The van der Waals surface area contributed by atoms with Gasteiger partial charge in [0.2, 0.25) is 0 Å². The van der Waals surface area contributed by atoms with Gasteiger partial charge in [0.1, 0.15) is 11.4 Å². The molecule has 0 aliphatic carbocycles. The minimum absolute atomic E-state index is 0.355. The second-order valence-electron chi connectivity index (χ2n) is 10.7. The lowest BCUT2D eigenvalue weighted by molar-refractivity contribution is 0.100. The summed E-state index contributed by atoms with van der Waals surface area (Å²) in [6.45, 7) is 0.847. The average molecular weight is 633 g/mol. The SMILES string of the molecule is N#Cc1cccc(NC(=O)c2cc(-c3ccncc3)nn2CCCCn2nc(-c3ccncc3)cc2C(=O)Nc2cccc(C#N)c2)c1. The first-order chi connectivity index (χ1) is 23.5. The van der Waals surface area contributed by atoms with Gasteiger partial charge in [0, 0.05) is 60.4 Å². The molecule has 0 unspecified atom stereocenters. The monoisotopic (exact) mass is 632 g/mol. The van der Waals surface area contributed by atoms with Crippen LogP contribution in [0.15, 0.2) is 110 Å². The zero-order valence-electron chi connectivity index (χ0n) is 25.6. The second kappa shape index (κ2) is 14.5. The number of nitrogens with zero attached hydrogens (tertiary/aromatic N) is 8. The van der Waals surface area contributed by atoms with E-state index in [0.717, 1.165) is 11.1 Å². The van der Waals surface area contributed by atoms with Gasteiger partial charge in [0.05, 0.1) is 34.7 Å². The van der Waals surface area contributed by atoms with Crippen LogP contribution in [0.4, 0.5) is 11.4 Å². The number of amides is 2. The van der Waals surface area contributed by atoms with Crippen LogP contribution in [-0.4, -0.2) is 41.3 Å². The van der Waals surface area contributed by atoms with Crippen molar-refractivity contribution in [3.8, 4) is 34.7 Å². The molecule has 2 aromatic carbocycles. The molecule has 0 fully saturated rings. The Labute approximate surface area is 275 Å². The third-order valence-corrected chi connectivity index (χ3v) is 7.47. The number of aromatic nitrogens is 6. The molecule has 48 heavy (non-hydrogen) atoms. The standard InChI is InChI=1S/C36H28N10O2/c37-23-25-5-3-7-29(19-25)41-35(47)33-21-31(27-9-13-39-14-10-27)43-45(33)17-1-2-18-46-34(22-32(44-46)28-11-15-40-16-12-28)36(48)42-30-8-4-6-26(20-30)24-38/h3-16,19-22H,1-2,17-18H2,(H,41,47)(H,42,48). The molecule has 0 saturated heterocycles. The van der Waals surface area contributed by atoms with Crippen molar-refractivity contribution in [1.82, 2.24) is 29.5 Å². The quantitative estimate of drug-likeness (QED) is 0.166. The highest BCUT2D eigenvalue weighted by Gasteiger charge is 2.19. The summed E-state index contributed by atoms with van der Waals surface area (Å²) in [5.74, 6) is -0.710. The lowest BCUT2D eigenvalue weighted by Gasteiger charge is -2.10. The minimum Gasteiger partial charge on any atom is -0.321 e. The molecule has 12 nitrogen and oxygen atoms in total. The topological polar surface area (TPSA) is 167 Å². The fourth-order valence-electron chi connectivity index (χ4n) is 5.11.